The van der Waals surface area contributed by atoms with Crippen molar-refractivity contribution in [3.63, 3.8) is 0 Å². The summed E-state index contributed by atoms with van der Waals surface area (Å²) >= 11 is 2.04. The molecule has 2 rings (SSSR count). The summed E-state index contributed by atoms with van der Waals surface area (Å²) in [5.74, 6) is -2.06. The second-order valence-corrected chi connectivity index (χ2v) is 4.48. The lowest BCUT2D eigenvalue weighted by atomic mass is 10.2. The molecule has 18 heavy (non-hydrogen) atoms. The van der Waals surface area contributed by atoms with Gasteiger partial charge in [-0.2, -0.15) is 0 Å². The molecule has 5 nitrogen and oxygen atoms in total. The van der Waals surface area contributed by atoms with Crippen LogP contribution in [0.2, 0.25) is 0 Å². The number of carboxylic acid groups (broad SMARTS) is 1. The van der Waals surface area contributed by atoms with Crippen LogP contribution < -0.4 is 4.74 Å². The van der Waals surface area contributed by atoms with Crippen molar-refractivity contribution >= 4 is 28.6 Å². The number of hydrogen-bond donors (Lipinski definition) is 1. The van der Waals surface area contributed by atoms with Gasteiger partial charge in [-0.25, -0.2) is 19.2 Å². The third-order valence-corrected chi connectivity index (χ3v) is 2.53. The van der Waals surface area contributed by atoms with Gasteiger partial charge in [0.1, 0.15) is 11.6 Å². The number of nitrogens with zero attached hydrogens (tertiary/aromatic N) is 2. The summed E-state index contributed by atoms with van der Waals surface area (Å²) in [6.07, 6.45) is 3.09. The Morgan fingerprint density at radius 1 is 1.33 bits per heavy atom. The van der Waals surface area contributed by atoms with Gasteiger partial charge in [0.2, 0.25) is 0 Å². The van der Waals surface area contributed by atoms with Gasteiger partial charge in [0.25, 0.3) is 0 Å². The second-order valence-electron chi connectivity index (χ2n) is 3.23. The molecule has 1 N–H and O–H groups in total. The van der Waals surface area contributed by atoms with Crippen LogP contribution in [0.4, 0.5) is 4.39 Å². The summed E-state index contributed by atoms with van der Waals surface area (Å²) < 4.78 is 19.4. The lowest BCUT2D eigenvalue weighted by Gasteiger charge is -2.04. The molecule has 0 unspecified atom stereocenters. The first-order chi connectivity index (χ1) is 8.56. The van der Waals surface area contributed by atoms with Crippen molar-refractivity contribution in [1.82, 2.24) is 9.97 Å². The molecule has 2 aromatic rings. The van der Waals surface area contributed by atoms with Crippen LogP contribution in [-0.4, -0.2) is 21.0 Å². The average Bonchev–Trinajstić information content (AvgIpc) is 2.32. The second kappa shape index (κ2) is 5.25. The average molecular weight is 360 g/mol. The van der Waals surface area contributed by atoms with Gasteiger partial charge in [0.15, 0.2) is 0 Å². The SMILES string of the molecule is O=C(O)c1ccc(Oc2ncc(I)cn2)cc1F. The maximum atomic E-state index is 13.4. The Morgan fingerprint density at radius 3 is 2.56 bits per heavy atom. The minimum absolute atomic E-state index is 0.0675. The van der Waals surface area contributed by atoms with Crippen LogP contribution in [0.1, 0.15) is 10.4 Å². The molecule has 0 aliphatic rings. The molecule has 0 radical (unpaired) electrons. The molecule has 0 fully saturated rings. The molecule has 0 aliphatic heterocycles. The van der Waals surface area contributed by atoms with Crippen molar-refractivity contribution in [1.29, 1.82) is 0 Å². The van der Waals surface area contributed by atoms with Gasteiger partial charge in [-0.1, -0.05) is 0 Å². The molecular formula is C11H6FIN2O3. The fraction of sp³-hybridized carbons (Fsp3) is 0. The molecule has 7 heteroatoms. The highest BCUT2D eigenvalue weighted by atomic mass is 127. The van der Waals surface area contributed by atoms with E-state index >= 15 is 0 Å². The first-order valence-corrected chi connectivity index (χ1v) is 5.82. The van der Waals surface area contributed by atoms with E-state index in [0.717, 1.165) is 15.7 Å². The van der Waals surface area contributed by atoms with Crippen molar-refractivity contribution in [2.45, 2.75) is 0 Å². The van der Waals surface area contributed by atoms with E-state index < -0.39 is 17.3 Å². The molecule has 0 bridgehead atoms. The van der Waals surface area contributed by atoms with E-state index in [1.165, 1.54) is 6.07 Å². The molecule has 1 heterocycles. The maximum absolute atomic E-state index is 13.4. The van der Waals surface area contributed by atoms with Crippen molar-refractivity contribution in [3.05, 3.63) is 45.5 Å². The maximum Gasteiger partial charge on any atom is 0.338 e. The minimum Gasteiger partial charge on any atom is -0.478 e. The number of hydrogen-bond acceptors (Lipinski definition) is 4. The van der Waals surface area contributed by atoms with Crippen molar-refractivity contribution in [2.24, 2.45) is 0 Å². The van der Waals surface area contributed by atoms with E-state index in [9.17, 15) is 9.18 Å². The van der Waals surface area contributed by atoms with E-state index in [4.69, 9.17) is 9.84 Å². The summed E-state index contributed by atoms with van der Waals surface area (Å²) in [5.41, 5.74) is -0.411. The highest BCUT2D eigenvalue weighted by Gasteiger charge is 2.11. The van der Waals surface area contributed by atoms with Crippen LogP contribution in [0, 0.1) is 9.39 Å². The van der Waals surface area contributed by atoms with Crippen LogP contribution in [0.25, 0.3) is 0 Å². The molecule has 1 aromatic carbocycles. The fourth-order valence-electron chi connectivity index (χ4n) is 1.19. The smallest absolute Gasteiger partial charge is 0.338 e. The number of carboxylic acids is 1. The van der Waals surface area contributed by atoms with E-state index in [0.29, 0.717) is 0 Å². The van der Waals surface area contributed by atoms with Crippen LogP contribution in [0.3, 0.4) is 0 Å². The van der Waals surface area contributed by atoms with Gasteiger partial charge < -0.3 is 9.84 Å². The fourth-order valence-corrected chi connectivity index (χ4v) is 1.47. The summed E-state index contributed by atoms with van der Waals surface area (Å²) in [4.78, 5) is 18.4. The van der Waals surface area contributed by atoms with Crippen molar-refractivity contribution in [3.8, 4) is 11.8 Å². The van der Waals surface area contributed by atoms with E-state index in [-0.39, 0.29) is 11.8 Å². The number of rotatable bonds is 3. The van der Waals surface area contributed by atoms with E-state index in [2.05, 4.69) is 9.97 Å². The molecular weight excluding hydrogens is 354 g/mol. The largest absolute Gasteiger partial charge is 0.478 e. The van der Waals surface area contributed by atoms with E-state index in [1.807, 2.05) is 22.6 Å². The van der Waals surface area contributed by atoms with Gasteiger partial charge in [-0.15, -0.1) is 0 Å². The number of aromatic nitrogens is 2. The Bertz CT molecular complexity index is 589. The molecule has 1 aromatic heterocycles. The number of aromatic carboxylic acids is 1. The standard InChI is InChI=1S/C11H6FIN2O3/c12-9-3-7(1-2-8(9)10(16)17)18-11-14-4-6(13)5-15-11/h1-5H,(H,16,17). The summed E-state index contributed by atoms with van der Waals surface area (Å²) in [5, 5.41) is 8.67. The van der Waals surface area contributed by atoms with Gasteiger partial charge in [-0.05, 0) is 34.7 Å². The van der Waals surface area contributed by atoms with Crippen LogP contribution >= 0.6 is 22.6 Å². The Balaban J connectivity index is 2.22. The summed E-state index contributed by atoms with van der Waals surface area (Å²) in [6.45, 7) is 0. The Morgan fingerprint density at radius 2 is 2.00 bits per heavy atom. The monoisotopic (exact) mass is 360 g/mol. The predicted molar refractivity (Wildman–Crippen MR) is 68.2 cm³/mol. The molecule has 0 saturated carbocycles. The lowest BCUT2D eigenvalue weighted by Crippen LogP contribution is -2.00. The number of carbonyl (C=O) groups is 1. The molecule has 92 valence electrons. The lowest BCUT2D eigenvalue weighted by molar-refractivity contribution is 0.0692. The number of benzene rings is 1. The number of halogens is 2. The Kier molecular flexibility index (Phi) is 3.70. The first kappa shape index (κ1) is 12.7. The normalized spacial score (nSPS) is 10.1. The van der Waals surface area contributed by atoms with Crippen molar-refractivity contribution in [2.75, 3.05) is 0 Å². The minimum atomic E-state index is -1.33. The van der Waals surface area contributed by atoms with Gasteiger partial charge in [0, 0.05) is 22.0 Å². The molecule has 0 aliphatic carbocycles. The molecule has 0 atom stereocenters. The van der Waals surface area contributed by atoms with Crippen LogP contribution in [-0.2, 0) is 0 Å². The third kappa shape index (κ3) is 2.92. The zero-order valence-electron chi connectivity index (χ0n) is 8.80. The summed E-state index contributed by atoms with van der Waals surface area (Å²) in [7, 11) is 0. The zero-order valence-corrected chi connectivity index (χ0v) is 11.0. The van der Waals surface area contributed by atoms with Gasteiger partial charge >= 0.3 is 12.0 Å². The van der Waals surface area contributed by atoms with E-state index in [1.54, 1.807) is 12.4 Å². The summed E-state index contributed by atoms with van der Waals surface area (Å²) in [6, 6.07) is 3.51. The molecule has 0 saturated heterocycles. The Hall–Kier alpha value is -1.77. The highest BCUT2D eigenvalue weighted by molar-refractivity contribution is 14.1. The van der Waals surface area contributed by atoms with Gasteiger partial charge in [-0.3, -0.25) is 0 Å². The van der Waals surface area contributed by atoms with Crippen LogP contribution in [0.15, 0.2) is 30.6 Å². The quantitative estimate of drug-likeness (QED) is 0.853. The Labute approximate surface area is 115 Å². The van der Waals surface area contributed by atoms with Crippen LogP contribution in [0.5, 0.6) is 11.8 Å². The number of ether oxygens (including phenoxy) is 1. The molecule has 0 amide bonds. The predicted octanol–water partition coefficient (Wildman–Crippen LogP) is 2.71. The first-order valence-electron chi connectivity index (χ1n) is 4.74. The third-order valence-electron chi connectivity index (χ3n) is 1.98. The highest BCUT2D eigenvalue weighted by Crippen LogP contribution is 2.21. The zero-order chi connectivity index (χ0) is 13.1. The topological polar surface area (TPSA) is 72.3 Å². The van der Waals surface area contributed by atoms with Crippen molar-refractivity contribution < 1.29 is 19.0 Å². The van der Waals surface area contributed by atoms with Gasteiger partial charge in [0.05, 0.1) is 5.56 Å². The molecule has 0 spiro atoms.